The quantitative estimate of drug-likeness (QED) is 0.502. The van der Waals surface area contributed by atoms with Crippen LogP contribution in [-0.4, -0.2) is 20.6 Å². The second-order valence-electron chi connectivity index (χ2n) is 5.13. The Kier molecular flexibility index (Phi) is 4.81. The molecule has 3 rings (SSSR count). The summed E-state index contributed by atoms with van der Waals surface area (Å²) in [5.41, 5.74) is 0.714. The van der Waals surface area contributed by atoms with Crippen molar-refractivity contribution in [2.75, 3.05) is 5.32 Å². The van der Waals surface area contributed by atoms with Crippen molar-refractivity contribution < 1.29 is 14.1 Å². The van der Waals surface area contributed by atoms with Gasteiger partial charge in [-0.25, -0.2) is 0 Å². The van der Waals surface area contributed by atoms with Gasteiger partial charge in [0, 0.05) is 0 Å². The van der Waals surface area contributed by atoms with E-state index in [2.05, 4.69) is 26.3 Å². The van der Waals surface area contributed by atoms with Crippen molar-refractivity contribution in [2.24, 2.45) is 0 Å². The van der Waals surface area contributed by atoms with Crippen molar-refractivity contribution in [2.45, 2.75) is 6.54 Å². The second-order valence-corrected chi connectivity index (χ2v) is 5.99. The minimum atomic E-state index is -0.603. The second kappa shape index (κ2) is 7.20. The maximum atomic E-state index is 12.3. The monoisotopic (exact) mass is 415 g/mol. The first-order valence-corrected chi connectivity index (χ1v) is 8.04. The molecular weight excluding hydrogens is 406 g/mol. The number of rotatable bonds is 5. The highest BCUT2D eigenvalue weighted by Crippen LogP contribution is 2.23. The van der Waals surface area contributed by atoms with Crippen LogP contribution in [-0.2, 0) is 6.54 Å². The van der Waals surface area contributed by atoms with E-state index < -0.39 is 10.8 Å². The molecule has 26 heavy (non-hydrogen) atoms. The smallest absolute Gasteiger partial charge is 0.404 e. The lowest BCUT2D eigenvalue weighted by Crippen LogP contribution is -2.12. The number of carbonyl (C=O) groups excluding carboxylic acids is 1. The predicted molar refractivity (Wildman–Crippen MR) is 93.5 cm³/mol. The molecule has 10 heteroatoms. The summed E-state index contributed by atoms with van der Waals surface area (Å²) in [5.74, 6) is -0.365. The average molecular weight is 416 g/mol. The molecule has 130 valence electrons. The first-order valence-electron chi connectivity index (χ1n) is 7.24. The molecule has 0 spiro atoms. The average Bonchev–Trinajstić information content (AvgIpc) is 3.22. The standard InChI is InChI=1S/C16H10BrN5O4/c17-12-9-21(20-15(12)22(24)25)8-11-5-6-14(26-11)16(23)19-13-4-2-1-3-10(13)7-18/h1-6,9H,8H2,(H,19,23). The summed E-state index contributed by atoms with van der Waals surface area (Å²) in [6, 6.07) is 11.6. The fraction of sp³-hybridized carbons (Fsp3) is 0.0625. The molecule has 0 fully saturated rings. The number of anilines is 1. The number of hydrogen-bond acceptors (Lipinski definition) is 6. The highest BCUT2D eigenvalue weighted by Gasteiger charge is 2.20. The van der Waals surface area contributed by atoms with Gasteiger partial charge >= 0.3 is 5.82 Å². The molecule has 1 aromatic carbocycles. The zero-order valence-corrected chi connectivity index (χ0v) is 14.6. The molecule has 1 amide bonds. The van der Waals surface area contributed by atoms with Crippen molar-refractivity contribution in [3.63, 3.8) is 0 Å². The van der Waals surface area contributed by atoms with E-state index in [1.165, 1.54) is 16.9 Å². The number of aromatic nitrogens is 2. The number of para-hydroxylation sites is 1. The Hall–Kier alpha value is -3.45. The van der Waals surface area contributed by atoms with Gasteiger partial charge in [-0.15, -0.1) is 0 Å². The van der Waals surface area contributed by atoms with E-state index in [-0.39, 0.29) is 22.6 Å². The van der Waals surface area contributed by atoms with Crippen molar-refractivity contribution in [3.05, 3.63) is 74.3 Å². The van der Waals surface area contributed by atoms with Crippen LogP contribution in [0, 0.1) is 21.4 Å². The number of nitrogens with one attached hydrogen (secondary N) is 1. The molecule has 0 radical (unpaired) electrons. The third kappa shape index (κ3) is 3.62. The number of amides is 1. The Balaban J connectivity index is 1.73. The van der Waals surface area contributed by atoms with Crippen LogP contribution in [0.2, 0.25) is 0 Å². The molecule has 3 aromatic rings. The molecule has 2 heterocycles. The molecule has 0 atom stereocenters. The number of carbonyl (C=O) groups is 1. The Morgan fingerprint density at radius 3 is 2.85 bits per heavy atom. The van der Waals surface area contributed by atoms with E-state index in [1.54, 1.807) is 30.3 Å². The molecule has 0 unspecified atom stereocenters. The first-order chi connectivity index (χ1) is 12.5. The van der Waals surface area contributed by atoms with E-state index in [9.17, 15) is 14.9 Å². The maximum Gasteiger partial charge on any atom is 0.404 e. The SMILES string of the molecule is N#Cc1ccccc1NC(=O)c1ccc(Cn2cc(Br)c([N+](=O)[O-])n2)o1. The fourth-order valence-electron chi connectivity index (χ4n) is 2.21. The van der Waals surface area contributed by atoms with E-state index >= 15 is 0 Å². The van der Waals surface area contributed by atoms with Gasteiger partial charge in [0.1, 0.15) is 22.8 Å². The van der Waals surface area contributed by atoms with Gasteiger partial charge in [-0.2, -0.15) is 9.94 Å². The molecule has 0 bridgehead atoms. The number of nitriles is 1. The van der Waals surface area contributed by atoms with Crippen LogP contribution in [0.3, 0.4) is 0 Å². The van der Waals surface area contributed by atoms with E-state index in [0.717, 1.165) is 0 Å². The molecule has 1 N–H and O–H groups in total. The molecule has 0 aliphatic heterocycles. The van der Waals surface area contributed by atoms with Crippen molar-refractivity contribution in [3.8, 4) is 6.07 Å². The fourth-order valence-corrected chi connectivity index (χ4v) is 2.67. The minimum Gasteiger partial charge on any atom is -0.454 e. The van der Waals surface area contributed by atoms with Crippen LogP contribution in [0.25, 0.3) is 0 Å². The van der Waals surface area contributed by atoms with Crippen LogP contribution in [0.15, 0.2) is 51.5 Å². The Bertz CT molecular complexity index is 1030. The zero-order valence-electron chi connectivity index (χ0n) is 13.0. The maximum absolute atomic E-state index is 12.3. The summed E-state index contributed by atoms with van der Waals surface area (Å²) in [4.78, 5) is 22.5. The summed E-state index contributed by atoms with van der Waals surface area (Å²) in [6.07, 6.45) is 1.45. The highest BCUT2D eigenvalue weighted by molar-refractivity contribution is 9.10. The normalized spacial score (nSPS) is 10.3. The number of nitro groups is 1. The third-order valence-corrected chi connectivity index (χ3v) is 3.93. The molecule has 2 aromatic heterocycles. The molecule has 0 saturated carbocycles. The van der Waals surface area contributed by atoms with E-state index in [1.807, 2.05) is 6.07 Å². The number of hydrogen-bond donors (Lipinski definition) is 1. The van der Waals surface area contributed by atoms with Crippen molar-refractivity contribution >= 4 is 33.3 Å². The molecule has 9 nitrogen and oxygen atoms in total. The van der Waals surface area contributed by atoms with Gasteiger partial charge in [0.05, 0.1) is 22.5 Å². The first kappa shape index (κ1) is 17.4. The van der Waals surface area contributed by atoms with Crippen molar-refractivity contribution in [1.82, 2.24) is 9.78 Å². The Morgan fingerprint density at radius 2 is 2.15 bits per heavy atom. The van der Waals surface area contributed by atoms with Gasteiger partial charge in [0.15, 0.2) is 5.76 Å². The molecular formula is C16H10BrN5O4. The van der Waals surface area contributed by atoms with Crippen LogP contribution >= 0.6 is 15.9 Å². The predicted octanol–water partition coefficient (Wildman–Crippen LogP) is 3.32. The van der Waals surface area contributed by atoms with Gasteiger partial charge < -0.3 is 19.8 Å². The van der Waals surface area contributed by atoms with Gasteiger partial charge in [-0.05, 0) is 45.1 Å². The molecule has 0 saturated heterocycles. The lowest BCUT2D eigenvalue weighted by Gasteiger charge is -2.04. The van der Waals surface area contributed by atoms with Crippen LogP contribution in [0.1, 0.15) is 21.9 Å². The Morgan fingerprint density at radius 1 is 1.38 bits per heavy atom. The zero-order chi connectivity index (χ0) is 18.7. The number of nitrogens with zero attached hydrogens (tertiary/aromatic N) is 4. The summed E-state index contributed by atoms with van der Waals surface area (Å²) in [7, 11) is 0. The highest BCUT2D eigenvalue weighted by atomic mass is 79.9. The lowest BCUT2D eigenvalue weighted by molar-refractivity contribution is -0.390. The van der Waals surface area contributed by atoms with Gasteiger partial charge in [0.2, 0.25) is 0 Å². The lowest BCUT2D eigenvalue weighted by atomic mass is 10.2. The van der Waals surface area contributed by atoms with Crippen LogP contribution in [0.5, 0.6) is 0 Å². The molecule has 0 aliphatic rings. The van der Waals surface area contributed by atoms with E-state index in [4.69, 9.17) is 9.68 Å². The minimum absolute atomic E-state index is 0.0495. The summed E-state index contributed by atoms with van der Waals surface area (Å²) >= 11 is 3.06. The van der Waals surface area contributed by atoms with Crippen LogP contribution < -0.4 is 5.32 Å². The van der Waals surface area contributed by atoms with E-state index in [0.29, 0.717) is 17.0 Å². The summed E-state index contributed by atoms with van der Waals surface area (Å²) < 4.78 is 7.04. The largest absolute Gasteiger partial charge is 0.454 e. The summed E-state index contributed by atoms with van der Waals surface area (Å²) in [6.45, 7) is 0.120. The number of furan rings is 1. The number of halogens is 1. The summed E-state index contributed by atoms with van der Waals surface area (Å²) in [5, 5.41) is 26.3. The van der Waals surface area contributed by atoms with Gasteiger partial charge in [-0.3, -0.25) is 4.79 Å². The van der Waals surface area contributed by atoms with Gasteiger partial charge in [-0.1, -0.05) is 12.1 Å². The topological polar surface area (TPSA) is 127 Å². The molecule has 0 aliphatic carbocycles. The third-order valence-electron chi connectivity index (χ3n) is 3.37. The van der Waals surface area contributed by atoms with Gasteiger partial charge in [0.25, 0.3) is 5.91 Å². The van der Waals surface area contributed by atoms with Crippen molar-refractivity contribution in [1.29, 1.82) is 5.26 Å². The number of benzene rings is 1. The Labute approximate surface area is 155 Å². The van der Waals surface area contributed by atoms with Crippen LogP contribution in [0.4, 0.5) is 11.5 Å².